The van der Waals surface area contributed by atoms with Crippen LogP contribution in [0.2, 0.25) is 0 Å². The number of hydrogen-bond donors (Lipinski definition) is 1. The van der Waals surface area contributed by atoms with Crippen LogP contribution in [0.25, 0.3) is 11.3 Å². The largest absolute Gasteiger partial charge is 0.383 e. The Morgan fingerprint density at radius 3 is 2.88 bits per heavy atom. The second-order valence-corrected chi connectivity index (χ2v) is 8.10. The van der Waals surface area contributed by atoms with Crippen LogP contribution in [-0.4, -0.2) is 47.0 Å². The average molecular weight is 443 g/mol. The van der Waals surface area contributed by atoms with Crippen molar-refractivity contribution in [1.29, 1.82) is 5.26 Å². The fraction of sp³-hybridized carbons (Fsp3) is 0.320. The summed E-state index contributed by atoms with van der Waals surface area (Å²) in [6, 6.07) is 14.0. The molecule has 1 fully saturated rings. The van der Waals surface area contributed by atoms with Crippen LogP contribution >= 0.6 is 0 Å². The quantitative estimate of drug-likeness (QED) is 0.560. The number of nitrogens with one attached hydrogen (secondary N) is 1. The van der Waals surface area contributed by atoms with E-state index in [0.29, 0.717) is 36.3 Å². The number of pyridine rings is 1. The van der Waals surface area contributed by atoms with Gasteiger partial charge in [0.2, 0.25) is 5.95 Å². The molecule has 1 aliphatic rings. The molecule has 0 bridgehead atoms. The number of ketones is 1. The molecule has 168 valence electrons. The van der Waals surface area contributed by atoms with E-state index in [1.54, 1.807) is 32.5 Å². The van der Waals surface area contributed by atoms with Gasteiger partial charge in [-0.1, -0.05) is 6.07 Å². The molecule has 1 N–H and O–H groups in total. The van der Waals surface area contributed by atoms with Gasteiger partial charge in [0.15, 0.2) is 0 Å². The van der Waals surface area contributed by atoms with Crippen LogP contribution in [0.5, 0.6) is 0 Å². The molecule has 8 heteroatoms. The fourth-order valence-corrected chi connectivity index (χ4v) is 4.12. The molecule has 0 amide bonds. The third kappa shape index (κ3) is 5.33. The van der Waals surface area contributed by atoms with Gasteiger partial charge < -0.3 is 15.0 Å². The molecular weight excluding hydrogens is 416 g/mol. The lowest BCUT2D eigenvalue weighted by Crippen LogP contribution is -2.33. The SMILES string of the molecule is COC[C@H]1CCCN1c1ccc(-c2ccnc(Nc3ccc(CC(C)=O)nc3)n2)cc1C#N. The van der Waals surface area contributed by atoms with E-state index in [1.807, 2.05) is 30.3 Å². The van der Waals surface area contributed by atoms with Gasteiger partial charge in [-0.15, -0.1) is 0 Å². The van der Waals surface area contributed by atoms with Gasteiger partial charge in [0.25, 0.3) is 0 Å². The molecule has 1 saturated heterocycles. The number of carbonyl (C=O) groups excluding carboxylic acids is 1. The van der Waals surface area contributed by atoms with Crippen LogP contribution < -0.4 is 10.2 Å². The Labute approximate surface area is 193 Å². The number of aromatic nitrogens is 3. The summed E-state index contributed by atoms with van der Waals surface area (Å²) in [7, 11) is 1.71. The minimum atomic E-state index is 0.0703. The molecule has 0 aliphatic carbocycles. The highest BCUT2D eigenvalue weighted by Crippen LogP contribution is 2.32. The number of methoxy groups -OCH3 is 1. The molecule has 0 spiro atoms. The van der Waals surface area contributed by atoms with Crippen LogP contribution in [0.3, 0.4) is 0 Å². The highest BCUT2D eigenvalue weighted by atomic mass is 16.5. The number of nitrogens with zero attached hydrogens (tertiary/aromatic N) is 5. The van der Waals surface area contributed by atoms with Crippen molar-refractivity contribution in [3.8, 4) is 17.3 Å². The summed E-state index contributed by atoms with van der Waals surface area (Å²) >= 11 is 0. The summed E-state index contributed by atoms with van der Waals surface area (Å²) in [4.78, 5) is 26.7. The van der Waals surface area contributed by atoms with Crippen molar-refractivity contribution >= 4 is 23.1 Å². The van der Waals surface area contributed by atoms with Crippen molar-refractivity contribution in [2.45, 2.75) is 32.2 Å². The number of hydrogen-bond acceptors (Lipinski definition) is 8. The number of benzene rings is 1. The van der Waals surface area contributed by atoms with E-state index in [9.17, 15) is 10.1 Å². The molecule has 1 atom stereocenters. The van der Waals surface area contributed by atoms with Crippen LogP contribution in [0.4, 0.5) is 17.3 Å². The van der Waals surface area contributed by atoms with E-state index in [2.05, 4.69) is 31.2 Å². The normalized spacial score (nSPS) is 15.3. The smallest absolute Gasteiger partial charge is 0.227 e. The van der Waals surface area contributed by atoms with Crippen LogP contribution in [0, 0.1) is 11.3 Å². The van der Waals surface area contributed by atoms with Crippen molar-refractivity contribution in [3.63, 3.8) is 0 Å². The Bertz CT molecular complexity index is 1170. The molecule has 3 heterocycles. The van der Waals surface area contributed by atoms with E-state index in [1.165, 1.54) is 0 Å². The van der Waals surface area contributed by atoms with Gasteiger partial charge in [-0.3, -0.25) is 9.78 Å². The summed E-state index contributed by atoms with van der Waals surface area (Å²) in [5, 5.41) is 13.0. The molecule has 33 heavy (non-hydrogen) atoms. The first-order valence-corrected chi connectivity index (χ1v) is 10.9. The monoisotopic (exact) mass is 442 g/mol. The summed E-state index contributed by atoms with van der Waals surface area (Å²) in [5.74, 6) is 0.497. The Hall–Kier alpha value is -3.83. The summed E-state index contributed by atoms with van der Waals surface area (Å²) in [6.45, 7) is 3.11. The second-order valence-electron chi connectivity index (χ2n) is 8.10. The fourth-order valence-electron chi connectivity index (χ4n) is 4.12. The van der Waals surface area contributed by atoms with Gasteiger partial charge in [0.05, 0.1) is 41.5 Å². The highest BCUT2D eigenvalue weighted by Gasteiger charge is 2.26. The first-order valence-electron chi connectivity index (χ1n) is 10.9. The number of Topliss-reactive ketones (excluding diaryl/α,β-unsaturated/α-hetero) is 1. The average Bonchev–Trinajstić information content (AvgIpc) is 3.28. The van der Waals surface area contributed by atoms with E-state index < -0.39 is 0 Å². The third-order valence-electron chi connectivity index (χ3n) is 5.62. The van der Waals surface area contributed by atoms with Gasteiger partial charge in [-0.25, -0.2) is 9.97 Å². The molecule has 4 rings (SSSR count). The Balaban J connectivity index is 1.54. The zero-order valence-electron chi connectivity index (χ0n) is 18.8. The lowest BCUT2D eigenvalue weighted by molar-refractivity contribution is -0.116. The van der Waals surface area contributed by atoms with Gasteiger partial charge in [0.1, 0.15) is 11.9 Å². The van der Waals surface area contributed by atoms with E-state index >= 15 is 0 Å². The lowest BCUT2D eigenvalue weighted by atomic mass is 10.1. The molecule has 8 nitrogen and oxygen atoms in total. The van der Waals surface area contributed by atoms with E-state index in [4.69, 9.17) is 4.74 Å². The van der Waals surface area contributed by atoms with Crippen molar-refractivity contribution in [2.75, 3.05) is 30.5 Å². The molecule has 1 aromatic carbocycles. The standard InChI is InChI=1S/C25H26N6O2/c1-17(32)12-20-6-7-21(15-28-20)29-25-27-10-9-23(30-25)18-5-8-24(19(13-18)14-26)31-11-3-4-22(31)16-33-2/h5-10,13,15,22H,3-4,11-12,16H2,1-2H3,(H,27,29,30)/t22-/m1/s1. The number of carbonyl (C=O) groups is 1. The Morgan fingerprint density at radius 2 is 2.15 bits per heavy atom. The predicted octanol–water partition coefficient (Wildman–Crippen LogP) is 3.90. The van der Waals surface area contributed by atoms with Gasteiger partial charge in [-0.05, 0) is 50.1 Å². The van der Waals surface area contributed by atoms with Crippen molar-refractivity contribution in [3.05, 3.63) is 60.0 Å². The minimum absolute atomic E-state index is 0.0703. The summed E-state index contributed by atoms with van der Waals surface area (Å²) in [5.41, 5.74) is 4.56. The summed E-state index contributed by atoms with van der Waals surface area (Å²) < 4.78 is 5.36. The Morgan fingerprint density at radius 1 is 1.27 bits per heavy atom. The van der Waals surface area contributed by atoms with Crippen LogP contribution in [-0.2, 0) is 16.0 Å². The topological polar surface area (TPSA) is 104 Å². The maximum atomic E-state index is 11.2. The maximum absolute atomic E-state index is 11.2. The summed E-state index contributed by atoms with van der Waals surface area (Å²) in [6.07, 6.45) is 5.80. The number of rotatable bonds is 8. The van der Waals surface area contributed by atoms with E-state index in [0.717, 1.165) is 42.0 Å². The van der Waals surface area contributed by atoms with Gasteiger partial charge in [-0.2, -0.15) is 5.26 Å². The highest BCUT2D eigenvalue weighted by molar-refractivity contribution is 5.77. The molecule has 1 aliphatic heterocycles. The van der Waals surface area contributed by atoms with Gasteiger partial charge in [0, 0.05) is 37.5 Å². The predicted molar refractivity (Wildman–Crippen MR) is 126 cm³/mol. The zero-order valence-corrected chi connectivity index (χ0v) is 18.8. The van der Waals surface area contributed by atoms with E-state index in [-0.39, 0.29) is 5.78 Å². The minimum Gasteiger partial charge on any atom is -0.383 e. The molecule has 2 aromatic heterocycles. The maximum Gasteiger partial charge on any atom is 0.227 e. The molecular formula is C25H26N6O2. The Kier molecular flexibility index (Phi) is 6.91. The first kappa shape index (κ1) is 22.4. The van der Waals surface area contributed by atoms with Crippen LogP contribution in [0.1, 0.15) is 31.0 Å². The van der Waals surface area contributed by atoms with Crippen molar-refractivity contribution < 1.29 is 9.53 Å². The second kappa shape index (κ2) is 10.2. The lowest BCUT2D eigenvalue weighted by Gasteiger charge is -2.27. The molecule has 0 radical (unpaired) electrons. The number of anilines is 3. The number of nitriles is 1. The van der Waals surface area contributed by atoms with Crippen LogP contribution in [0.15, 0.2) is 48.8 Å². The van der Waals surface area contributed by atoms with Crippen molar-refractivity contribution in [1.82, 2.24) is 15.0 Å². The van der Waals surface area contributed by atoms with Crippen molar-refractivity contribution in [2.24, 2.45) is 0 Å². The molecule has 3 aromatic rings. The van der Waals surface area contributed by atoms with Gasteiger partial charge >= 0.3 is 0 Å². The molecule has 0 unspecified atom stereocenters. The number of ether oxygens (including phenoxy) is 1. The first-order chi connectivity index (χ1) is 16.1. The molecule has 0 saturated carbocycles. The third-order valence-corrected chi connectivity index (χ3v) is 5.62. The zero-order chi connectivity index (χ0) is 23.2.